The molecule has 0 saturated heterocycles. The molecule has 0 aromatic heterocycles. The maximum absolute atomic E-state index is 11.6. The zero-order valence-electron chi connectivity index (χ0n) is 10.5. The van der Waals surface area contributed by atoms with Crippen LogP contribution in [0.1, 0.15) is 11.7 Å². The number of aliphatic carboxylic acids is 1. The van der Waals surface area contributed by atoms with Crippen LogP contribution in [0.4, 0.5) is 0 Å². The summed E-state index contributed by atoms with van der Waals surface area (Å²) in [6.07, 6.45) is -1.48. The van der Waals surface area contributed by atoms with Gasteiger partial charge in [-0.3, -0.25) is 4.79 Å². The second-order valence-corrected chi connectivity index (χ2v) is 5.99. The zero-order valence-corrected chi connectivity index (χ0v) is 11.3. The Kier molecular flexibility index (Phi) is 5.01. The molecule has 0 aliphatic rings. The summed E-state index contributed by atoms with van der Waals surface area (Å²) in [4.78, 5) is 11.1. The normalized spacial score (nSPS) is 15.2. The molecule has 0 heterocycles. The van der Waals surface area contributed by atoms with Gasteiger partial charge in [-0.25, -0.2) is 0 Å². The topological polar surface area (TPSA) is 107 Å². The second kappa shape index (κ2) is 6.11. The lowest BCUT2D eigenvalue weighted by Gasteiger charge is -2.22. The number of nitrogens with zero attached hydrogens (tertiary/aromatic N) is 1. The Labute approximate surface area is 111 Å². The molecule has 0 radical (unpaired) electrons. The third-order valence-corrected chi connectivity index (χ3v) is 3.99. The smallest absolute Gasteiger partial charge is 0.324 e. The third-order valence-electron chi connectivity index (χ3n) is 2.48. The van der Waals surface area contributed by atoms with Crippen LogP contribution >= 0.6 is 0 Å². The summed E-state index contributed by atoms with van der Waals surface area (Å²) in [5.74, 6) is -1.46. The molecule has 0 aliphatic carbocycles. The van der Waals surface area contributed by atoms with Crippen LogP contribution in [0.15, 0.2) is 30.3 Å². The van der Waals surface area contributed by atoms with Gasteiger partial charge in [-0.2, -0.15) is 17.4 Å². The number of carbonyl (C=O) groups is 1. The van der Waals surface area contributed by atoms with Crippen molar-refractivity contribution in [2.75, 3.05) is 14.1 Å². The second-order valence-electron chi connectivity index (χ2n) is 4.08. The molecule has 0 bridgehead atoms. The van der Waals surface area contributed by atoms with Crippen molar-refractivity contribution in [3.8, 4) is 0 Å². The molecule has 0 amide bonds. The molecule has 0 aliphatic heterocycles. The summed E-state index contributed by atoms with van der Waals surface area (Å²) in [7, 11) is -1.43. The summed E-state index contributed by atoms with van der Waals surface area (Å²) in [5, 5.41) is 19.0. The molecular formula is C11H16N2O5S. The number of hydrogen-bond acceptors (Lipinski definition) is 4. The Morgan fingerprint density at radius 1 is 1.26 bits per heavy atom. The van der Waals surface area contributed by atoms with E-state index >= 15 is 0 Å². The quantitative estimate of drug-likeness (QED) is 0.658. The van der Waals surface area contributed by atoms with Gasteiger partial charge in [-0.15, -0.1) is 0 Å². The molecule has 1 rings (SSSR count). The maximum atomic E-state index is 11.6. The number of aliphatic hydroxyl groups is 1. The first kappa shape index (κ1) is 15.6. The van der Waals surface area contributed by atoms with Gasteiger partial charge in [0, 0.05) is 14.1 Å². The van der Waals surface area contributed by atoms with E-state index < -0.39 is 28.3 Å². The molecule has 0 saturated carbocycles. The number of carboxylic acids is 1. The van der Waals surface area contributed by atoms with E-state index in [9.17, 15) is 18.3 Å². The average molecular weight is 288 g/mol. The SMILES string of the molecule is CN(C)S(=O)(=O)N[C@@H](C(=O)O)[C@H](O)c1ccccc1. The molecule has 1 aromatic carbocycles. The number of nitrogens with one attached hydrogen (secondary N) is 1. The average Bonchev–Trinajstić information content (AvgIpc) is 2.35. The first-order valence-electron chi connectivity index (χ1n) is 5.41. The summed E-state index contributed by atoms with van der Waals surface area (Å²) < 4.78 is 26.0. The first-order chi connectivity index (χ1) is 8.75. The monoisotopic (exact) mass is 288 g/mol. The molecule has 2 atom stereocenters. The van der Waals surface area contributed by atoms with Gasteiger partial charge in [0.2, 0.25) is 0 Å². The first-order valence-corrected chi connectivity index (χ1v) is 6.85. The van der Waals surface area contributed by atoms with E-state index in [1.807, 2.05) is 4.72 Å². The van der Waals surface area contributed by atoms with Gasteiger partial charge in [-0.1, -0.05) is 30.3 Å². The highest BCUT2D eigenvalue weighted by Gasteiger charge is 2.32. The highest BCUT2D eigenvalue weighted by molar-refractivity contribution is 7.87. The minimum absolute atomic E-state index is 0.316. The molecular weight excluding hydrogens is 272 g/mol. The number of hydrogen-bond donors (Lipinski definition) is 3. The fourth-order valence-corrected chi connectivity index (χ4v) is 2.12. The van der Waals surface area contributed by atoms with Gasteiger partial charge >= 0.3 is 5.97 Å². The van der Waals surface area contributed by atoms with E-state index in [4.69, 9.17) is 5.11 Å². The van der Waals surface area contributed by atoms with E-state index in [2.05, 4.69) is 0 Å². The van der Waals surface area contributed by atoms with Crippen LogP contribution in [0.25, 0.3) is 0 Å². The van der Waals surface area contributed by atoms with Gasteiger partial charge in [0.1, 0.15) is 6.10 Å². The van der Waals surface area contributed by atoms with Crippen molar-refractivity contribution in [2.45, 2.75) is 12.1 Å². The van der Waals surface area contributed by atoms with Crippen molar-refractivity contribution in [2.24, 2.45) is 0 Å². The molecule has 8 heteroatoms. The minimum Gasteiger partial charge on any atom is -0.480 e. The van der Waals surface area contributed by atoms with Crippen LogP contribution in [0.3, 0.4) is 0 Å². The van der Waals surface area contributed by atoms with Crippen LogP contribution in [-0.2, 0) is 15.0 Å². The van der Waals surface area contributed by atoms with Crippen molar-refractivity contribution >= 4 is 16.2 Å². The fourth-order valence-electron chi connectivity index (χ4n) is 1.36. The summed E-state index contributed by atoms with van der Waals surface area (Å²) in [6.45, 7) is 0. The predicted molar refractivity (Wildman–Crippen MR) is 68.6 cm³/mol. The van der Waals surface area contributed by atoms with Crippen molar-refractivity contribution in [3.05, 3.63) is 35.9 Å². The van der Waals surface area contributed by atoms with Gasteiger partial charge < -0.3 is 10.2 Å². The molecule has 3 N–H and O–H groups in total. The molecule has 106 valence electrons. The number of rotatable bonds is 6. The van der Waals surface area contributed by atoms with Crippen LogP contribution in [0.5, 0.6) is 0 Å². The highest BCUT2D eigenvalue weighted by atomic mass is 32.2. The van der Waals surface area contributed by atoms with Crippen molar-refractivity contribution in [1.82, 2.24) is 9.03 Å². The Morgan fingerprint density at radius 2 is 1.79 bits per heavy atom. The van der Waals surface area contributed by atoms with E-state index in [0.717, 1.165) is 4.31 Å². The Hall–Kier alpha value is -1.48. The zero-order chi connectivity index (χ0) is 14.6. The van der Waals surface area contributed by atoms with Crippen molar-refractivity contribution in [3.63, 3.8) is 0 Å². The van der Waals surface area contributed by atoms with E-state index in [-0.39, 0.29) is 0 Å². The molecule has 0 fully saturated rings. The summed E-state index contributed by atoms with van der Waals surface area (Å²) in [5.41, 5.74) is 0.316. The number of benzene rings is 1. The lowest BCUT2D eigenvalue weighted by atomic mass is 10.0. The standard InChI is InChI=1S/C11H16N2O5S/c1-13(2)19(17,18)12-9(11(15)16)10(14)8-6-4-3-5-7-8/h3-7,9-10,12,14H,1-2H3,(H,15,16)/t9-,10-/m1/s1. The molecule has 19 heavy (non-hydrogen) atoms. The van der Waals surface area contributed by atoms with Crippen molar-refractivity contribution in [1.29, 1.82) is 0 Å². The summed E-state index contributed by atoms with van der Waals surface area (Å²) in [6, 6.07) is 6.33. The highest BCUT2D eigenvalue weighted by Crippen LogP contribution is 2.17. The van der Waals surface area contributed by atoms with Crippen LogP contribution < -0.4 is 4.72 Å². The Bertz CT molecular complexity index is 529. The van der Waals surface area contributed by atoms with Gasteiger partial charge in [0.05, 0.1) is 0 Å². The lowest BCUT2D eigenvalue weighted by molar-refractivity contribution is -0.142. The van der Waals surface area contributed by atoms with Crippen molar-refractivity contribution < 1.29 is 23.4 Å². The van der Waals surface area contributed by atoms with Gasteiger partial charge in [-0.05, 0) is 5.56 Å². The largest absolute Gasteiger partial charge is 0.480 e. The van der Waals surface area contributed by atoms with Crippen LogP contribution in [-0.4, -0.2) is 49.0 Å². The minimum atomic E-state index is -3.95. The van der Waals surface area contributed by atoms with Gasteiger partial charge in [0.15, 0.2) is 6.04 Å². The van der Waals surface area contributed by atoms with E-state index in [1.54, 1.807) is 18.2 Å². The third kappa shape index (κ3) is 4.00. The molecule has 0 unspecified atom stereocenters. The maximum Gasteiger partial charge on any atom is 0.324 e. The molecule has 7 nitrogen and oxygen atoms in total. The fraction of sp³-hybridized carbons (Fsp3) is 0.364. The van der Waals surface area contributed by atoms with Crippen LogP contribution in [0.2, 0.25) is 0 Å². The van der Waals surface area contributed by atoms with E-state index in [1.165, 1.54) is 26.2 Å². The van der Waals surface area contributed by atoms with Crippen LogP contribution in [0, 0.1) is 0 Å². The number of carboxylic acid groups (broad SMARTS) is 1. The molecule has 1 aromatic rings. The van der Waals surface area contributed by atoms with E-state index in [0.29, 0.717) is 5.56 Å². The Morgan fingerprint density at radius 3 is 2.21 bits per heavy atom. The predicted octanol–water partition coefficient (Wildman–Crippen LogP) is -0.431. The Balaban J connectivity index is 3.00. The number of aliphatic hydroxyl groups excluding tert-OH is 1. The van der Waals surface area contributed by atoms with Gasteiger partial charge in [0.25, 0.3) is 10.2 Å². The lowest BCUT2D eigenvalue weighted by Crippen LogP contribution is -2.48. The molecule has 0 spiro atoms. The summed E-state index contributed by atoms with van der Waals surface area (Å²) >= 11 is 0.